The van der Waals surface area contributed by atoms with E-state index in [9.17, 15) is 4.79 Å². The molecular weight excluding hydrogens is 230 g/mol. The Hall–Kier alpha value is -1.55. The van der Waals surface area contributed by atoms with E-state index in [0.717, 1.165) is 29.7 Å². The summed E-state index contributed by atoms with van der Waals surface area (Å²) in [7, 11) is 0. The van der Waals surface area contributed by atoms with Crippen LogP contribution < -0.4 is 15.2 Å². The van der Waals surface area contributed by atoms with E-state index in [-0.39, 0.29) is 17.7 Å². The Kier molecular flexibility index (Phi) is 2.74. The van der Waals surface area contributed by atoms with Crippen LogP contribution in [0.4, 0.5) is 0 Å². The molecule has 96 valence electrons. The van der Waals surface area contributed by atoms with Crippen molar-refractivity contribution in [3.63, 3.8) is 0 Å². The molecule has 1 aromatic rings. The Bertz CT molecular complexity index is 492. The van der Waals surface area contributed by atoms with Crippen LogP contribution in [0.3, 0.4) is 0 Å². The molecule has 1 fully saturated rings. The van der Waals surface area contributed by atoms with Crippen LogP contribution in [-0.4, -0.2) is 25.0 Å². The van der Waals surface area contributed by atoms with Crippen LogP contribution in [0, 0.1) is 12.8 Å². The normalized spacial score (nSPS) is 25.4. The van der Waals surface area contributed by atoms with Crippen molar-refractivity contribution >= 4 is 5.78 Å². The second kappa shape index (κ2) is 4.28. The van der Waals surface area contributed by atoms with Crippen molar-refractivity contribution in [3.05, 3.63) is 23.3 Å². The van der Waals surface area contributed by atoms with Gasteiger partial charge >= 0.3 is 0 Å². The summed E-state index contributed by atoms with van der Waals surface area (Å²) in [5.41, 5.74) is 7.43. The number of nitrogens with two attached hydrogens (primary N) is 1. The summed E-state index contributed by atoms with van der Waals surface area (Å²) in [6.45, 7) is 3.04. The topological polar surface area (TPSA) is 61.6 Å². The quantitative estimate of drug-likeness (QED) is 0.808. The summed E-state index contributed by atoms with van der Waals surface area (Å²) in [4.78, 5) is 12.3. The fourth-order valence-electron chi connectivity index (χ4n) is 2.55. The van der Waals surface area contributed by atoms with Gasteiger partial charge in [0.2, 0.25) is 0 Å². The fourth-order valence-corrected chi connectivity index (χ4v) is 2.55. The van der Waals surface area contributed by atoms with Crippen LogP contribution in [0.2, 0.25) is 0 Å². The van der Waals surface area contributed by atoms with Crippen molar-refractivity contribution in [3.8, 4) is 11.5 Å². The highest BCUT2D eigenvalue weighted by Crippen LogP contribution is 2.36. The lowest BCUT2D eigenvalue weighted by molar-refractivity contribution is 0.0831. The summed E-state index contributed by atoms with van der Waals surface area (Å²) >= 11 is 0. The molecule has 4 nitrogen and oxygen atoms in total. The van der Waals surface area contributed by atoms with E-state index in [1.54, 1.807) is 0 Å². The lowest BCUT2D eigenvalue weighted by Crippen LogP contribution is -2.40. The molecule has 0 aromatic heterocycles. The molecule has 0 spiro atoms. The van der Waals surface area contributed by atoms with Crippen molar-refractivity contribution in [2.45, 2.75) is 25.8 Å². The molecule has 2 N–H and O–H groups in total. The summed E-state index contributed by atoms with van der Waals surface area (Å²) in [5.74, 6) is 1.69. The Morgan fingerprint density at radius 3 is 2.44 bits per heavy atom. The van der Waals surface area contributed by atoms with E-state index in [1.165, 1.54) is 0 Å². The van der Waals surface area contributed by atoms with Gasteiger partial charge in [0, 0.05) is 17.5 Å². The Labute approximate surface area is 106 Å². The number of fused-ring (bicyclic) bond motifs is 1. The highest BCUT2D eigenvalue weighted by atomic mass is 16.6. The maximum Gasteiger partial charge on any atom is 0.166 e. The van der Waals surface area contributed by atoms with Gasteiger partial charge in [-0.1, -0.05) is 0 Å². The zero-order valence-corrected chi connectivity index (χ0v) is 10.4. The molecule has 18 heavy (non-hydrogen) atoms. The highest BCUT2D eigenvalue weighted by molar-refractivity contribution is 6.00. The fraction of sp³-hybridized carbons (Fsp3) is 0.500. The Morgan fingerprint density at radius 2 is 1.83 bits per heavy atom. The molecule has 4 heteroatoms. The monoisotopic (exact) mass is 247 g/mol. The van der Waals surface area contributed by atoms with E-state index in [1.807, 2.05) is 19.1 Å². The average molecular weight is 247 g/mol. The second-order valence-electron chi connectivity index (χ2n) is 5.10. The number of carbonyl (C=O) groups excluding carboxylic acids is 1. The molecule has 1 aliphatic heterocycles. The van der Waals surface area contributed by atoms with Crippen LogP contribution in [0.1, 0.15) is 28.8 Å². The molecule has 1 aliphatic carbocycles. The average Bonchev–Trinajstić information content (AvgIpc) is 2.33. The van der Waals surface area contributed by atoms with Gasteiger partial charge in [-0.05, 0) is 37.5 Å². The van der Waals surface area contributed by atoms with Crippen molar-refractivity contribution in [1.29, 1.82) is 0 Å². The van der Waals surface area contributed by atoms with Gasteiger partial charge in [0.05, 0.1) is 0 Å². The number of ketones is 1. The number of rotatable bonds is 2. The van der Waals surface area contributed by atoms with Gasteiger partial charge in [-0.25, -0.2) is 0 Å². The van der Waals surface area contributed by atoms with E-state index >= 15 is 0 Å². The maximum atomic E-state index is 12.3. The SMILES string of the molecule is Cc1cc2c(cc1C(=O)C1CC(N)C1)OCCO2. The second-order valence-corrected chi connectivity index (χ2v) is 5.10. The summed E-state index contributed by atoms with van der Waals surface area (Å²) in [5, 5.41) is 0. The van der Waals surface area contributed by atoms with Crippen LogP contribution in [0.15, 0.2) is 12.1 Å². The third-order valence-electron chi connectivity index (χ3n) is 3.70. The number of benzene rings is 1. The molecule has 2 aliphatic rings. The predicted octanol–water partition coefficient (Wildman–Crippen LogP) is 1.69. The van der Waals surface area contributed by atoms with Crippen molar-refractivity contribution in [2.24, 2.45) is 11.7 Å². The number of hydrogen-bond donors (Lipinski definition) is 1. The number of carbonyl (C=O) groups is 1. The van der Waals surface area contributed by atoms with E-state index in [0.29, 0.717) is 19.0 Å². The first-order chi connectivity index (χ1) is 8.65. The zero-order valence-electron chi connectivity index (χ0n) is 10.4. The molecule has 1 heterocycles. The van der Waals surface area contributed by atoms with Gasteiger partial charge in [-0.2, -0.15) is 0 Å². The van der Waals surface area contributed by atoms with E-state index in [2.05, 4.69) is 0 Å². The third kappa shape index (κ3) is 1.86. The van der Waals surface area contributed by atoms with Crippen LogP contribution in [-0.2, 0) is 0 Å². The van der Waals surface area contributed by atoms with Gasteiger partial charge in [0.15, 0.2) is 17.3 Å². The number of aryl methyl sites for hydroxylation is 1. The van der Waals surface area contributed by atoms with Gasteiger partial charge < -0.3 is 15.2 Å². The van der Waals surface area contributed by atoms with Crippen LogP contribution in [0.25, 0.3) is 0 Å². The molecule has 1 saturated carbocycles. The molecule has 0 saturated heterocycles. The highest BCUT2D eigenvalue weighted by Gasteiger charge is 2.33. The minimum atomic E-state index is 0.0845. The van der Waals surface area contributed by atoms with Gasteiger partial charge in [0.25, 0.3) is 0 Å². The Balaban J connectivity index is 1.89. The summed E-state index contributed by atoms with van der Waals surface area (Å²) < 4.78 is 11.0. The molecule has 0 bridgehead atoms. The first-order valence-corrected chi connectivity index (χ1v) is 6.35. The Morgan fingerprint density at radius 1 is 1.22 bits per heavy atom. The summed E-state index contributed by atoms with van der Waals surface area (Å²) in [6, 6.07) is 3.90. The van der Waals surface area contributed by atoms with Crippen LogP contribution >= 0.6 is 0 Å². The minimum absolute atomic E-state index is 0.0845. The third-order valence-corrected chi connectivity index (χ3v) is 3.70. The molecule has 0 unspecified atom stereocenters. The largest absolute Gasteiger partial charge is 0.486 e. The number of ether oxygens (including phenoxy) is 2. The number of Topliss-reactive ketones (excluding diaryl/α,β-unsaturated/α-hetero) is 1. The summed E-state index contributed by atoms with van der Waals surface area (Å²) in [6.07, 6.45) is 1.60. The first-order valence-electron chi connectivity index (χ1n) is 6.35. The maximum absolute atomic E-state index is 12.3. The predicted molar refractivity (Wildman–Crippen MR) is 67.2 cm³/mol. The minimum Gasteiger partial charge on any atom is -0.486 e. The lowest BCUT2D eigenvalue weighted by Gasteiger charge is -2.31. The molecular formula is C14H17NO3. The van der Waals surface area contributed by atoms with E-state index in [4.69, 9.17) is 15.2 Å². The van der Waals surface area contributed by atoms with Gasteiger partial charge in [-0.3, -0.25) is 4.79 Å². The molecule has 0 amide bonds. The van der Waals surface area contributed by atoms with Gasteiger partial charge in [-0.15, -0.1) is 0 Å². The van der Waals surface area contributed by atoms with E-state index < -0.39 is 0 Å². The molecule has 0 atom stereocenters. The van der Waals surface area contributed by atoms with Crippen LogP contribution in [0.5, 0.6) is 11.5 Å². The number of hydrogen-bond acceptors (Lipinski definition) is 4. The van der Waals surface area contributed by atoms with Crippen molar-refractivity contribution < 1.29 is 14.3 Å². The molecule has 1 aromatic carbocycles. The molecule has 3 rings (SSSR count). The first kappa shape index (κ1) is 11.5. The lowest BCUT2D eigenvalue weighted by atomic mass is 9.75. The van der Waals surface area contributed by atoms with Crippen molar-refractivity contribution in [2.75, 3.05) is 13.2 Å². The van der Waals surface area contributed by atoms with Crippen molar-refractivity contribution in [1.82, 2.24) is 0 Å². The van der Waals surface area contributed by atoms with Gasteiger partial charge in [0.1, 0.15) is 13.2 Å². The standard InChI is InChI=1S/C14H17NO3/c1-8-4-12-13(18-3-2-17-12)7-11(8)14(16)9-5-10(15)6-9/h4,7,9-10H,2-3,5-6,15H2,1H3. The zero-order chi connectivity index (χ0) is 12.7. The molecule has 0 radical (unpaired) electrons. The smallest absolute Gasteiger partial charge is 0.166 e.